The van der Waals surface area contributed by atoms with Crippen molar-refractivity contribution in [1.82, 2.24) is 9.97 Å². The fraction of sp³-hybridized carbons (Fsp3) is 0.200. The van der Waals surface area contributed by atoms with E-state index in [-0.39, 0.29) is 0 Å². The zero-order chi connectivity index (χ0) is 15.7. The molecule has 0 aliphatic heterocycles. The molecule has 110 valence electrons. The Morgan fingerprint density at radius 3 is 1.36 bits per heavy atom. The molecule has 0 spiro atoms. The van der Waals surface area contributed by atoms with Gasteiger partial charge in [0.05, 0.1) is 0 Å². The molecule has 0 atom stereocenters. The minimum Gasteiger partial charge on any atom is -0.236 e. The molecule has 0 fully saturated rings. The second kappa shape index (κ2) is 5.72. The molecule has 1 aromatic heterocycles. The SMILES string of the molecule is Cc1cc(C)cc(-c2cnc(-c3cc(C)cc(C)c3)nc2)c1. The van der Waals surface area contributed by atoms with Gasteiger partial charge in [0.15, 0.2) is 5.82 Å². The largest absolute Gasteiger partial charge is 0.236 e. The van der Waals surface area contributed by atoms with E-state index in [9.17, 15) is 0 Å². The van der Waals surface area contributed by atoms with E-state index in [0.29, 0.717) is 0 Å². The van der Waals surface area contributed by atoms with Crippen molar-refractivity contribution in [3.05, 3.63) is 71.0 Å². The first-order valence-corrected chi connectivity index (χ1v) is 7.51. The highest BCUT2D eigenvalue weighted by atomic mass is 14.9. The van der Waals surface area contributed by atoms with Crippen LogP contribution < -0.4 is 0 Å². The average Bonchev–Trinajstić information content (AvgIpc) is 2.45. The number of nitrogens with zero attached hydrogens (tertiary/aromatic N) is 2. The van der Waals surface area contributed by atoms with Crippen LogP contribution in [0.5, 0.6) is 0 Å². The molecule has 22 heavy (non-hydrogen) atoms. The van der Waals surface area contributed by atoms with E-state index >= 15 is 0 Å². The van der Waals surface area contributed by atoms with Crippen molar-refractivity contribution < 1.29 is 0 Å². The summed E-state index contributed by atoms with van der Waals surface area (Å²) in [7, 11) is 0. The van der Waals surface area contributed by atoms with E-state index in [2.05, 4.69) is 74.1 Å². The molecule has 0 aliphatic rings. The minimum absolute atomic E-state index is 0.778. The summed E-state index contributed by atoms with van der Waals surface area (Å²) >= 11 is 0. The van der Waals surface area contributed by atoms with Crippen molar-refractivity contribution in [2.45, 2.75) is 27.7 Å². The van der Waals surface area contributed by atoms with Crippen LogP contribution in [-0.4, -0.2) is 9.97 Å². The maximum Gasteiger partial charge on any atom is 0.159 e. The van der Waals surface area contributed by atoms with Crippen LogP contribution in [0, 0.1) is 27.7 Å². The van der Waals surface area contributed by atoms with Gasteiger partial charge in [0.2, 0.25) is 0 Å². The van der Waals surface area contributed by atoms with E-state index in [4.69, 9.17) is 0 Å². The molecule has 1 heterocycles. The van der Waals surface area contributed by atoms with Gasteiger partial charge in [-0.25, -0.2) is 9.97 Å². The Bertz CT molecular complexity index is 707. The van der Waals surface area contributed by atoms with Gasteiger partial charge in [-0.3, -0.25) is 0 Å². The van der Waals surface area contributed by atoms with Crippen molar-refractivity contribution in [1.29, 1.82) is 0 Å². The van der Waals surface area contributed by atoms with Crippen molar-refractivity contribution in [3.63, 3.8) is 0 Å². The second-order valence-corrected chi connectivity index (χ2v) is 6.05. The van der Waals surface area contributed by atoms with Crippen LogP contribution in [0.3, 0.4) is 0 Å². The normalized spacial score (nSPS) is 10.7. The first-order chi connectivity index (χ1) is 10.5. The Balaban J connectivity index is 1.98. The van der Waals surface area contributed by atoms with Gasteiger partial charge in [-0.1, -0.05) is 46.5 Å². The van der Waals surface area contributed by atoms with Crippen molar-refractivity contribution >= 4 is 0 Å². The summed E-state index contributed by atoms with van der Waals surface area (Å²) in [5.74, 6) is 0.778. The van der Waals surface area contributed by atoms with Crippen LogP contribution in [0.25, 0.3) is 22.5 Å². The Morgan fingerprint density at radius 1 is 0.500 bits per heavy atom. The van der Waals surface area contributed by atoms with Crippen molar-refractivity contribution in [2.24, 2.45) is 0 Å². The molecule has 0 radical (unpaired) electrons. The average molecular weight is 288 g/mol. The lowest BCUT2D eigenvalue weighted by Crippen LogP contribution is -1.92. The number of hydrogen-bond acceptors (Lipinski definition) is 2. The molecular weight excluding hydrogens is 268 g/mol. The molecule has 0 aliphatic carbocycles. The zero-order valence-corrected chi connectivity index (χ0v) is 13.5. The Labute approximate surface area is 131 Å². The van der Waals surface area contributed by atoms with Gasteiger partial charge in [-0.2, -0.15) is 0 Å². The third-order valence-electron chi connectivity index (χ3n) is 3.69. The summed E-state index contributed by atoms with van der Waals surface area (Å²) in [6, 6.07) is 12.9. The molecule has 0 amide bonds. The summed E-state index contributed by atoms with van der Waals surface area (Å²) in [5.41, 5.74) is 8.28. The lowest BCUT2D eigenvalue weighted by atomic mass is 10.0. The third kappa shape index (κ3) is 3.06. The standard InChI is InChI=1S/C20H20N2/c1-13-5-14(2)8-17(7-13)19-11-21-20(22-12-19)18-9-15(3)6-16(4)10-18/h5-12H,1-4H3. The predicted octanol–water partition coefficient (Wildman–Crippen LogP) is 5.04. The maximum atomic E-state index is 4.56. The van der Waals surface area contributed by atoms with Crippen LogP contribution in [-0.2, 0) is 0 Å². The van der Waals surface area contributed by atoms with Gasteiger partial charge in [-0.15, -0.1) is 0 Å². The summed E-state index contributed by atoms with van der Waals surface area (Å²) in [5, 5.41) is 0. The van der Waals surface area contributed by atoms with Crippen LogP contribution in [0.1, 0.15) is 22.3 Å². The second-order valence-electron chi connectivity index (χ2n) is 6.05. The number of aromatic nitrogens is 2. The molecular formula is C20H20N2. The molecule has 0 bridgehead atoms. The molecule has 0 saturated carbocycles. The first kappa shape index (κ1) is 14.5. The fourth-order valence-electron chi connectivity index (χ4n) is 2.87. The highest BCUT2D eigenvalue weighted by molar-refractivity contribution is 5.65. The number of benzene rings is 2. The topological polar surface area (TPSA) is 25.8 Å². The molecule has 3 rings (SSSR count). The van der Waals surface area contributed by atoms with Gasteiger partial charge in [0.1, 0.15) is 0 Å². The van der Waals surface area contributed by atoms with E-state index in [1.54, 1.807) is 0 Å². The van der Waals surface area contributed by atoms with E-state index in [1.165, 1.54) is 27.8 Å². The quantitative estimate of drug-likeness (QED) is 0.660. The monoisotopic (exact) mass is 288 g/mol. The zero-order valence-electron chi connectivity index (χ0n) is 13.5. The van der Waals surface area contributed by atoms with Crippen LogP contribution in [0.15, 0.2) is 48.8 Å². The maximum absolute atomic E-state index is 4.56. The molecule has 0 unspecified atom stereocenters. The Hall–Kier alpha value is -2.48. The minimum atomic E-state index is 0.778. The summed E-state index contributed by atoms with van der Waals surface area (Å²) in [4.78, 5) is 9.11. The van der Waals surface area contributed by atoms with E-state index < -0.39 is 0 Å². The fourth-order valence-corrected chi connectivity index (χ4v) is 2.87. The smallest absolute Gasteiger partial charge is 0.159 e. The summed E-state index contributed by atoms with van der Waals surface area (Å²) in [6.07, 6.45) is 3.82. The van der Waals surface area contributed by atoms with E-state index in [0.717, 1.165) is 17.0 Å². The van der Waals surface area contributed by atoms with Gasteiger partial charge in [0, 0.05) is 23.5 Å². The number of aryl methyl sites for hydroxylation is 4. The van der Waals surface area contributed by atoms with Crippen molar-refractivity contribution in [3.8, 4) is 22.5 Å². The van der Waals surface area contributed by atoms with E-state index in [1.807, 2.05) is 12.4 Å². The lowest BCUT2D eigenvalue weighted by molar-refractivity contribution is 1.17. The van der Waals surface area contributed by atoms with Crippen LogP contribution in [0.4, 0.5) is 0 Å². The molecule has 2 heteroatoms. The number of hydrogen-bond donors (Lipinski definition) is 0. The number of rotatable bonds is 2. The third-order valence-corrected chi connectivity index (χ3v) is 3.69. The molecule has 2 nitrogen and oxygen atoms in total. The molecule has 0 saturated heterocycles. The Kier molecular flexibility index (Phi) is 3.76. The molecule has 3 aromatic rings. The highest BCUT2D eigenvalue weighted by Gasteiger charge is 2.05. The van der Waals surface area contributed by atoms with Crippen molar-refractivity contribution in [2.75, 3.05) is 0 Å². The molecule has 0 N–H and O–H groups in total. The lowest BCUT2D eigenvalue weighted by Gasteiger charge is -2.07. The van der Waals surface area contributed by atoms with Gasteiger partial charge in [-0.05, 0) is 45.4 Å². The van der Waals surface area contributed by atoms with Gasteiger partial charge >= 0.3 is 0 Å². The Morgan fingerprint density at radius 2 is 0.909 bits per heavy atom. The molecule has 2 aromatic carbocycles. The van der Waals surface area contributed by atoms with Gasteiger partial charge in [0.25, 0.3) is 0 Å². The highest BCUT2D eigenvalue weighted by Crippen LogP contribution is 2.23. The van der Waals surface area contributed by atoms with Crippen LogP contribution >= 0.6 is 0 Å². The summed E-state index contributed by atoms with van der Waals surface area (Å²) in [6.45, 7) is 8.42. The predicted molar refractivity (Wildman–Crippen MR) is 91.9 cm³/mol. The van der Waals surface area contributed by atoms with Gasteiger partial charge < -0.3 is 0 Å². The summed E-state index contributed by atoms with van der Waals surface area (Å²) < 4.78 is 0. The van der Waals surface area contributed by atoms with Crippen LogP contribution in [0.2, 0.25) is 0 Å². The first-order valence-electron chi connectivity index (χ1n) is 7.51.